The molecule has 0 aromatic rings. The number of likely N-dealkylation sites (N-methyl/N-ethyl adjacent to an activating group) is 2. The maximum absolute atomic E-state index is 11.9. The number of rotatable bonds is 6. The summed E-state index contributed by atoms with van der Waals surface area (Å²) in [5.41, 5.74) is 1.08. The van der Waals surface area contributed by atoms with Crippen LogP contribution in [-0.4, -0.2) is 54.0 Å². The first-order chi connectivity index (χ1) is 8.00. The van der Waals surface area contributed by atoms with Crippen molar-refractivity contribution in [2.75, 3.05) is 27.2 Å². The number of carbonyl (C=O) groups excluding carboxylic acids is 1. The van der Waals surface area contributed by atoms with Crippen LogP contribution in [0.15, 0.2) is 11.8 Å². The van der Waals surface area contributed by atoms with Crippen molar-refractivity contribution in [3.05, 3.63) is 11.8 Å². The summed E-state index contributed by atoms with van der Waals surface area (Å²) in [6.07, 6.45) is 5.27. The number of aliphatic carboxylic acids is 1. The number of carbonyl (C=O) groups is 2. The first-order valence-electron chi connectivity index (χ1n) is 5.86. The van der Waals surface area contributed by atoms with Gasteiger partial charge in [-0.05, 0) is 26.3 Å². The molecule has 0 saturated carbocycles. The number of amides is 1. The van der Waals surface area contributed by atoms with E-state index < -0.39 is 5.97 Å². The number of nitrogens with zero attached hydrogens (tertiary/aromatic N) is 2. The van der Waals surface area contributed by atoms with Crippen molar-refractivity contribution in [1.82, 2.24) is 9.80 Å². The maximum atomic E-state index is 11.9. The largest absolute Gasteiger partial charge is 0.481 e. The molecular weight excluding hydrogens is 220 g/mol. The van der Waals surface area contributed by atoms with Crippen molar-refractivity contribution in [1.29, 1.82) is 0 Å². The normalized spacial score (nSPS) is 14.9. The molecule has 0 saturated heterocycles. The van der Waals surface area contributed by atoms with Crippen molar-refractivity contribution < 1.29 is 14.7 Å². The summed E-state index contributed by atoms with van der Waals surface area (Å²) < 4.78 is 0. The van der Waals surface area contributed by atoms with Crippen LogP contribution in [0, 0.1) is 0 Å². The smallest absolute Gasteiger partial charge is 0.304 e. The van der Waals surface area contributed by atoms with Gasteiger partial charge in [-0.25, -0.2) is 0 Å². The summed E-state index contributed by atoms with van der Waals surface area (Å²) in [6.45, 7) is 0.662. The molecular formula is C12H20N2O3. The topological polar surface area (TPSA) is 60.9 Å². The first-order valence-corrected chi connectivity index (χ1v) is 5.86. The number of hydrogen-bond acceptors (Lipinski definition) is 3. The minimum Gasteiger partial charge on any atom is -0.481 e. The van der Waals surface area contributed by atoms with Crippen molar-refractivity contribution in [3.8, 4) is 0 Å². The number of carboxylic acids is 1. The molecule has 0 spiro atoms. The molecule has 5 heteroatoms. The molecule has 17 heavy (non-hydrogen) atoms. The van der Waals surface area contributed by atoms with Crippen LogP contribution in [0.25, 0.3) is 0 Å². The van der Waals surface area contributed by atoms with Crippen LogP contribution >= 0.6 is 0 Å². The minimum atomic E-state index is -0.837. The number of hydrogen-bond donors (Lipinski definition) is 1. The third-order valence-corrected chi connectivity index (χ3v) is 2.93. The molecule has 0 aromatic heterocycles. The highest BCUT2D eigenvalue weighted by Gasteiger charge is 2.17. The van der Waals surface area contributed by atoms with Gasteiger partial charge in [0.25, 0.3) is 0 Å². The fraction of sp³-hybridized carbons (Fsp3) is 0.667. The van der Waals surface area contributed by atoms with E-state index in [-0.39, 0.29) is 18.9 Å². The molecule has 96 valence electrons. The number of allylic oxidation sites excluding steroid dienone is 2. The van der Waals surface area contributed by atoms with Crippen molar-refractivity contribution in [2.24, 2.45) is 0 Å². The van der Waals surface area contributed by atoms with Crippen molar-refractivity contribution >= 4 is 11.9 Å². The van der Waals surface area contributed by atoms with Gasteiger partial charge in [-0.3, -0.25) is 14.5 Å². The van der Waals surface area contributed by atoms with Crippen LogP contribution < -0.4 is 0 Å². The zero-order valence-corrected chi connectivity index (χ0v) is 10.5. The predicted molar refractivity (Wildman–Crippen MR) is 64.5 cm³/mol. The summed E-state index contributed by atoms with van der Waals surface area (Å²) >= 11 is 0. The van der Waals surface area contributed by atoms with E-state index in [1.807, 2.05) is 0 Å². The van der Waals surface area contributed by atoms with E-state index >= 15 is 0 Å². The molecule has 0 heterocycles. The molecule has 0 fully saturated rings. The second kappa shape index (κ2) is 6.39. The molecule has 1 N–H and O–H groups in total. The molecule has 0 unspecified atom stereocenters. The summed E-state index contributed by atoms with van der Waals surface area (Å²) in [6, 6.07) is 0. The Hall–Kier alpha value is -1.36. The highest BCUT2D eigenvalue weighted by atomic mass is 16.4. The van der Waals surface area contributed by atoms with Gasteiger partial charge >= 0.3 is 5.97 Å². The highest BCUT2D eigenvalue weighted by molar-refractivity contribution is 5.79. The zero-order chi connectivity index (χ0) is 12.8. The quantitative estimate of drug-likeness (QED) is 0.750. The lowest BCUT2D eigenvalue weighted by atomic mass is 10.3. The third-order valence-electron chi connectivity index (χ3n) is 2.93. The van der Waals surface area contributed by atoms with E-state index in [1.165, 1.54) is 0 Å². The zero-order valence-electron chi connectivity index (χ0n) is 10.5. The van der Waals surface area contributed by atoms with E-state index in [0.29, 0.717) is 6.54 Å². The molecule has 0 atom stereocenters. The van der Waals surface area contributed by atoms with Gasteiger partial charge in [0.05, 0.1) is 13.0 Å². The Morgan fingerprint density at radius 1 is 1.41 bits per heavy atom. The van der Waals surface area contributed by atoms with Gasteiger partial charge in [-0.1, -0.05) is 6.08 Å². The van der Waals surface area contributed by atoms with Gasteiger partial charge in [-0.2, -0.15) is 0 Å². The summed E-state index contributed by atoms with van der Waals surface area (Å²) in [5.74, 6) is -0.817. The molecule has 0 radical (unpaired) electrons. The molecule has 0 aromatic carbocycles. The third kappa shape index (κ3) is 4.56. The summed E-state index contributed by atoms with van der Waals surface area (Å²) in [4.78, 5) is 25.7. The van der Waals surface area contributed by atoms with Crippen LogP contribution in [0.3, 0.4) is 0 Å². The Morgan fingerprint density at radius 2 is 2.12 bits per heavy atom. The molecule has 5 nitrogen and oxygen atoms in total. The fourth-order valence-corrected chi connectivity index (χ4v) is 1.82. The lowest BCUT2D eigenvalue weighted by molar-refractivity contribution is -0.138. The Bertz CT molecular complexity index is 326. The van der Waals surface area contributed by atoms with E-state index in [4.69, 9.17) is 5.11 Å². The summed E-state index contributed by atoms with van der Waals surface area (Å²) in [7, 11) is 3.54. The lowest BCUT2D eigenvalue weighted by Crippen LogP contribution is -2.36. The van der Waals surface area contributed by atoms with Gasteiger partial charge in [0.15, 0.2) is 0 Å². The molecule has 1 aliphatic rings. The second-order valence-corrected chi connectivity index (χ2v) is 4.42. The average molecular weight is 240 g/mol. The van der Waals surface area contributed by atoms with Crippen LogP contribution in [0.1, 0.15) is 25.7 Å². The fourth-order valence-electron chi connectivity index (χ4n) is 1.82. The van der Waals surface area contributed by atoms with Crippen LogP contribution in [0.2, 0.25) is 0 Å². The van der Waals surface area contributed by atoms with E-state index in [2.05, 4.69) is 6.08 Å². The molecule has 1 amide bonds. The SMILES string of the molecule is CN(CCC(=O)O)CC(=O)N(C)C1=CCCC1. The van der Waals surface area contributed by atoms with Gasteiger partial charge in [0.2, 0.25) is 5.91 Å². The molecule has 0 bridgehead atoms. The Morgan fingerprint density at radius 3 is 2.65 bits per heavy atom. The second-order valence-electron chi connectivity index (χ2n) is 4.42. The predicted octanol–water partition coefficient (Wildman–Crippen LogP) is 0.919. The molecule has 1 rings (SSSR count). The van der Waals surface area contributed by atoms with Gasteiger partial charge < -0.3 is 10.0 Å². The molecule has 0 aliphatic heterocycles. The number of carboxylic acid groups (broad SMARTS) is 1. The van der Waals surface area contributed by atoms with Crippen molar-refractivity contribution in [3.63, 3.8) is 0 Å². The van der Waals surface area contributed by atoms with E-state index in [1.54, 1.807) is 23.9 Å². The Balaban J connectivity index is 2.34. The van der Waals surface area contributed by atoms with Gasteiger partial charge in [0, 0.05) is 19.3 Å². The first kappa shape index (κ1) is 13.7. The molecule has 1 aliphatic carbocycles. The minimum absolute atomic E-state index is 0.0195. The van der Waals surface area contributed by atoms with Crippen LogP contribution in [0.4, 0.5) is 0 Å². The maximum Gasteiger partial charge on any atom is 0.304 e. The monoisotopic (exact) mass is 240 g/mol. The lowest BCUT2D eigenvalue weighted by Gasteiger charge is -2.22. The van der Waals surface area contributed by atoms with Crippen molar-refractivity contribution in [2.45, 2.75) is 25.7 Å². The van der Waals surface area contributed by atoms with Gasteiger partial charge in [-0.15, -0.1) is 0 Å². The van der Waals surface area contributed by atoms with Crippen LogP contribution in [0.5, 0.6) is 0 Å². The highest BCUT2D eigenvalue weighted by Crippen LogP contribution is 2.20. The Kier molecular flexibility index (Phi) is 5.15. The average Bonchev–Trinajstić information content (AvgIpc) is 2.78. The standard InChI is InChI=1S/C12H20N2O3/c1-13(8-7-12(16)17)9-11(15)14(2)10-5-3-4-6-10/h5H,3-4,6-9H2,1-2H3,(H,16,17). The van der Waals surface area contributed by atoms with E-state index in [0.717, 1.165) is 25.0 Å². The summed E-state index contributed by atoms with van der Waals surface area (Å²) in [5, 5.41) is 8.55. The van der Waals surface area contributed by atoms with Crippen LogP contribution in [-0.2, 0) is 9.59 Å². The Labute approximate surface area is 102 Å². The van der Waals surface area contributed by atoms with E-state index in [9.17, 15) is 9.59 Å². The van der Waals surface area contributed by atoms with Gasteiger partial charge in [0.1, 0.15) is 0 Å².